The second-order valence-corrected chi connectivity index (χ2v) is 4.97. The van der Waals surface area contributed by atoms with E-state index in [2.05, 4.69) is 5.10 Å². The Hall–Kier alpha value is -1.76. The molecule has 0 aliphatic rings. The summed E-state index contributed by atoms with van der Waals surface area (Å²) in [5.41, 5.74) is -0.724. The van der Waals surface area contributed by atoms with Crippen molar-refractivity contribution in [3.63, 3.8) is 0 Å². The molecule has 1 N–H and O–H groups in total. The number of ether oxygens (including phenoxy) is 1. The number of nitrogens with one attached hydrogen (secondary N) is 1. The van der Waals surface area contributed by atoms with Crippen LogP contribution in [0.1, 0.15) is 17.7 Å². The number of benzene rings is 1. The number of aromatic nitrogens is 2. The van der Waals surface area contributed by atoms with Gasteiger partial charge in [-0.1, -0.05) is 30.4 Å². The summed E-state index contributed by atoms with van der Waals surface area (Å²) in [5, 5.41) is 2.32. The van der Waals surface area contributed by atoms with E-state index in [1.165, 1.54) is 11.6 Å². The Morgan fingerprint density at radius 3 is 2.48 bits per heavy atom. The third-order valence-corrected chi connectivity index (χ3v) is 3.54. The lowest BCUT2D eigenvalue weighted by molar-refractivity contribution is -0.141. The van der Waals surface area contributed by atoms with Crippen LogP contribution in [0.25, 0.3) is 0 Å². The second-order valence-electron chi connectivity index (χ2n) is 4.58. The average molecular weight is 316 g/mol. The van der Waals surface area contributed by atoms with Crippen molar-refractivity contribution in [2.45, 2.75) is 26.1 Å². The molecule has 0 spiro atoms. The van der Waals surface area contributed by atoms with E-state index in [1.807, 2.05) is 30.3 Å². The number of nitrogens with zero attached hydrogens (tertiary/aromatic N) is 1. The highest BCUT2D eigenvalue weighted by atomic mass is 32.1. The van der Waals surface area contributed by atoms with Crippen LogP contribution >= 0.6 is 12.2 Å². The first-order chi connectivity index (χ1) is 9.89. The summed E-state index contributed by atoms with van der Waals surface area (Å²) in [6.07, 6.45) is -3.86. The Bertz CT molecular complexity index is 646. The average Bonchev–Trinajstić information content (AvgIpc) is 2.73. The summed E-state index contributed by atoms with van der Waals surface area (Å²) in [7, 11) is 0. The van der Waals surface area contributed by atoms with Crippen molar-refractivity contribution in [1.29, 1.82) is 0 Å². The van der Waals surface area contributed by atoms with Gasteiger partial charge in [0.15, 0.2) is 0 Å². The fourth-order valence-corrected chi connectivity index (χ4v) is 2.18. The van der Waals surface area contributed by atoms with Crippen LogP contribution in [0.4, 0.5) is 13.2 Å². The Balaban J connectivity index is 1.94. The smallest absolute Gasteiger partial charge is 0.433 e. The van der Waals surface area contributed by atoms with Crippen molar-refractivity contribution >= 4 is 12.2 Å². The topological polar surface area (TPSA) is 29.9 Å². The van der Waals surface area contributed by atoms with E-state index < -0.39 is 11.9 Å². The van der Waals surface area contributed by atoms with Crippen LogP contribution in [-0.4, -0.2) is 16.4 Å². The van der Waals surface area contributed by atoms with E-state index in [0.29, 0.717) is 19.6 Å². The van der Waals surface area contributed by atoms with Crippen molar-refractivity contribution in [3.05, 3.63) is 46.2 Å². The summed E-state index contributed by atoms with van der Waals surface area (Å²) in [6, 6.07) is 9.25. The lowest BCUT2D eigenvalue weighted by Crippen LogP contribution is -2.10. The molecule has 21 heavy (non-hydrogen) atoms. The molecule has 1 aromatic carbocycles. The van der Waals surface area contributed by atoms with Gasteiger partial charge in [-0.25, -0.2) is 0 Å². The molecule has 2 rings (SSSR count). The first kappa shape index (κ1) is 15.6. The van der Waals surface area contributed by atoms with Crippen LogP contribution in [0.3, 0.4) is 0 Å². The largest absolute Gasteiger partial charge is 0.494 e. The van der Waals surface area contributed by atoms with Gasteiger partial charge in [-0.05, 0) is 19.1 Å². The molecule has 0 saturated heterocycles. The fourth-order valence-electron chi connectivity index (χ4n) is 1.94. The van der Waals surface area contributed by atoms with Crippen molar-refractivity contribution < 1.29 is 17.9 Å². The van der Waals surface area contributed by atoms with Gasteiger partial charge >= 0.3 is 6.18 Å². The predicted octanol–water partition coefficient (Wildman–Crippen LogP) is 4.34. The van der Waals surface area contributed by atoms with Crippen molar-refractivity contribution in [2.75, 3.05) is 6.61 Å². The number of H-pyrrole nitrogens is 1. The molecular weight excluding hydrogens is 301 g/mol. The molecule has 7 heteroatoms. The van der Waals surface area contributed by atoms with Gasteiger partial charge < -0.3 is 4.74 Å². The zero-order valence-electron chi connectivity index (χ0n) is 11.4. The quantitative estimate of drug-likeness (QED) is 0.657. The first-order valence-electron chi connectivity index (χ1n) is 6.44. The molecule has 2 aromatic rings. The Morgan fingerprint density at radius 2 is 1.90 bits per heavy atom. The summed E-state index contributed by atoms with van der Waals surface area (Å²) in [5.74, 6) is 0.736. The van der Waals surface area contributed by atoms with Crippen LogP contribution in [0.15, 0.2) is 30.3 Å². The van der Waals surface area contributed by atoms with Crippen LogP contribution in [-0.2, 0) is 12.7 Å². The van der Waals surface area contributed by atoms with Crippen molar-refractivity contribution in [3.8, 4) is 5.75 Å². The highest BCUT2D eigenvalue weighted by Gasteiger charge is 2.35. The second kappa shape index (κ2) is 6.34. The number of para-hydroxylation sites is 1. The lowest BCUT2D eigenvalue weighted by Gasteiger charge is -2.07. The van der Waals surface area contributed by atoms with E-state index in [-0.39, 0.29) is 10.2 Å². The molecule has 0 aliphatic heterocycles. The molecule has 0 fully saturated rings. The van der Waals surface area contributed by atoms with Crippen molar-refractivity contribution in [2.24, 2.45) is 0 Å². The number of halogens is 3. The maximum absolute atomic E-state index is 12.7. The molecule has 114 valence electrons. The van der Waals surface area contributed by atoms with Gasteiger partial charge in [-0.3, -0.25) is 9.78 Å². The Morgan fingerprint density at radius 1 is 1.24 bits per heavy atom. The maximum Gasteiger partial charge on any atom is 0.433 e. The minimum Gasteiger partial charge on any atom is -0.494 e. The number of alkyl halides is 3. The molecule has 0 aliphatic carbocycles. The molecule has 0 radical (unpaired) electrons. The van der Waals surface area contributed by atoms with E-state index >= 15 is 0 Å². The Labute approximate surface area is 125 Å². The molecule has 0 atom stereocenters. The van der Waals surface area contributed by atoms with Gasteiger partial charge in [0, 0.05) is 18.5 Å². The van der Waals surface area contributed by atoms with Gasteiger partial charge in [-0.15, -0.1) is 0 Å². The molecule has 3 nitrogen and oxygen atoms in total. The molecular formula is C14H15F3N2OS. The van der Waals surface area contributed by atoms with E-state index in [1.54, 1.807) is 0 Å². The third-order valence-electron chi connectivity index (χ3n) is 3.01. The number of aryl methyl sites for hydroxylation is 1. The lowest BCUT2D eigenvalue weighted by atomic mass is 10.3. The summed E-state index contributed by atoms with van der Waals surface area (Å²) in [4.78, 5) is 0. The van der Waals surface area contributed by atoms with Gasteiger partial charge in [0.05, 0.1) is 6.61 Å². The molecule has 0 bridgehead atoms. The summed E-state index contributed by atoms with van der Waals surface area (Å²) >= 11 is 5.02. The predicted molar refractivity (Wildman–Crippen MR) is 75.9 cm³/mol. The van der Waals surface area contributed by atoms with Gasteiger partial charge in [-0.2, -0.15) is 13.2 Å². The normalized spacial score (nSPS) is 11.6. The number of hydrogen-bond acceptors (Lipinski definition) is 2. The minimum atomic E-state index is -4.41. The number of aromatic amines is 1. The number of hydrogen-bond donors (Lipinski definition) is 1. The molecule has 0 saturated carbocycles. The van der Waals surface area contributed by atoms with Gasteiger partial charge in [0.1, 0.15) is 16.1 Å². The maximum atomic E-state index is 12.7. The zero-order chi connectivity index (χ0) is 15.5. The van der Waals surface area contributed by atoms with Crippen LogP contribution in [0.2, 0.25) is 0 Å². The first-order valence-corrected chi connectivity index (χ1v) is 6.85. The Kier molecular flexibility index (Phi) is 4.72. The summed E-state index contributed by atoms with van der Waals surface area (Å²) < 4.78 is 45.2. The zero-order valence-corrected chi connectivity index (χ0v) is 12.2. The monoisotopic (exact) mass is 316 g/mol. The SMILES string of the molecule is Cc1c(C(F)(F)F)[nH]n(CCCOc2ccccc2)c1=S. The third kappa shape index (κ3) is 3.87. The molecule has 1 aromatic heterocycles. The standard InChI is InChI=1S/C14H15F3N2OS/c1-10-12(14(15,16)17)18-19(13(10)21)8-5-9-20-11-6-3-2-4-7-11/h2-4,6-7,18H,5,8-9H2,1H3. The molecule has 0 amide bonds. The fraction of sp³-hybridized carbons (Fsp3) is 0.357. The van der Waals surface area contributed by atoms with E-state index in [9.17, 15) is 13.2 Å². The molecule has 0 unspecified atom stereocenters. The van der Waals surface area contributed by atoms with E-state index in [4.69, 9.17) is 17.0 Å². The number of rotatable bonds is 5. The van der Waals surface area contributed by atoms with Crippen LogP contribution in [0, 0.1) is 11.6 Å². The highest BCUT2D eigenvalue weighted by Crippen LogP contribution is 2.30. The van der Waals surface area contributed by atoms with Gasteiger partial charge in [0.25, 0.3) is 0 Å². The molecule has 1 heterocycles. The van der Waals surface area contributed by atoms with E-state index in [0.717, 1.165) is 5.75 Å². The summed E-state index contributed by atoms with van der Waals surface area (Å²) in [6.45, 7) is 2.13. The highest BCUT2D eigenvalue weighted by molar-refractivity contribution is 7.71. The van der Waals surface area contributed by atoms with Gasteiger partial charge in [0.2, 0.25) is 0 Å². The van der Waals surface area contributed by atoms with Crippen LogP contribution in [0.5, 0.6) is 5.75 Å². The van der Waals surface area contributed by atoms with Crippen molar-refractivity contribution in [1.82, 2.24) is 9.78 Å². The van der Waals surface area contributed by atoms with Crippen LogP contribution < -0.4 is 4.74 Å². The minimum absolute atomic E-state index is 0.0569.